The number of fused-ring (bicyclic) bond motifs is 1. The van der Waals surface area contributed by atoms with Gasteiger partial charge in [-0.2, -0.15) is 0 Å². The van der Waals surface area contributed by atoms with Crippen molar-refractivity contribution in [2.24, 2.45) is 4.99 Å². The van der Waals surface area contributed by atoms with Crippen molar-refractivity contribution in [2.75, 3.05) is 48.8 Å². The number of carbonyl (C=O) groups excluding carboxylic acids is 2. The zero-order valence-corrected chi connectivity index (χ0v) is 24.2. The Kier molecular flexibility index (Phi) is 8.99. The fourth-order valence-electron chi connectivity index (χ4n) is 5.58. The van der Waals surface area contributed by atoms with E-state index >= 15 is 0 Å². The maximum atomic E-state index is 13.8. The highest BCUT2D eigenvalue weighted by atomic mass is 16.2. The van der Waals surface area contributed by atoms with Gasteiger partial charge in [0.1, 0.15) is 0 Å². The highest BCUT2D eigenvalue weighted by molar-refractivity contribution is 6.20. The number of amides is 3. The molecule has 0 spiro atoms. The molecule has 0 aromatic heterocycles. The Bertz CT molecular complexity index is 1360. The third-order valence-corrected chi connectivity index (χ3v) is 7.94. The Morgan fingerprint density at radius 1 is 0.951 bits per heavy atom. The number of benzene rings is 3. The number of aliphatic imine (C=N–C) groups is 1. The molecule has 41 heavy (non-hydrogen) atoms. The predicted molar refractivity (Wildman–Crippen MR) is 167 cm³/mol. The van der Waals surface area contributed by atoms with Gasteiger partial charge in [-0.3, -0.25) is 4.79 Å². The molecular formula is C33H40N6O2. The van der Waals surface area contributed by atoms with E-state index in [0.29, 0.717) is 24.0 Å². The van der Waals surface area contributed by atoms with Gasteiger partial charge in [0.2, 0.25) is 6.17 Å². The second-order valence-corrected chi connectivity index (χ2v) is 10.9. The number of benzodiazepines with no additional fused rings is 1. The van der Waals surface area contributed by atoms with Gasteiger partial charge < -0.3 is 25.3 Å². The number of urea groups is 1. The molecule has 0 radical (unpaired) electrons. The molecule has 3 aromatic carbocycles. The molecular weight excluding hydrogens is 512 g/mol. The van der Waals surface area contributed by atoms with Crippen LogP contribution in [0.1, 0.15) is 43.7 Å². The average Bonchev–Trinajstić information content (AvgIpc) is 3.11. The fraction of sp³-hybridized carbons (Fsp3) is 0.364. The van der Waals surface area contributed by atoms with Crippen molar-refractivity contribution in [2.45, 2.75) is 44.8 Å². The number of nitrogens with one attached hydrogen (secondary N) is 2. The van der Waals surface area contributed by atoms with Gasteiger partial charge in [-0.1, -0.05) is 61.9 Å². The van der Waals surface area contributed by atoms with Crippen LogP contribution >= 0.6 is 0 Å². The summed E-state index contributed by atoms with van der Waals surface area (Å²) in [4.78, 5) is 38.3. The van der Waals surface area contributed by atoms with Crippen LogP contribution in [-0.2, 0) is 4.79 Å². The summed E-state index contributed by atoms with van der Waals surface area (Å²) in [5.41, 5.74) is 5.06. The van der Waals surface area contributed by atoms with Crippen molar-refractivity contribution < 1.29 is 9.59 Å². The largest absolute Gasteiger partial charge is 0.371 e. The average molecular weight is 553 g/mol. The van der Waals surface area contributed by atoms with Crippen molar-refractivity contribution >= 4 is 34.7 Å². The van der Waals surface area contributed by atoms with Crippen LogP contribution in [0.5, 0.6) is 0 Å². The van der Waals surface area contributed by atoms with E-state index in [1.807, 2.05) is 78.9 Å². The molecule has 2 aliphatic heterocycles. The van der Waals surface area contributed by atoms with E-state index in [9.17, 15) is 9.59 Å². The van der Waals surface area contributed by atoms with E-state index < -0.39 is 12.2 Å². The Morgan fingerprint density at radius 3 is 2.32 bits per heavy atom. The summed E-state index contributed by atoms with van der Waals surface area (Å²) >= 11 is 0. The van der Waals surface area contributed by atoms with Crippen molar-refractivity contribution in [3.63, 3.8) is 0 Å². The molecule has 2 heterocycles. The second-order valence-electron chi connectivity index (χ2n) is 10.9. The molecule has 0 aliphatic carbocycles. The van der Waals surface area contributed by atoms with Gasteiger partial charge in [-0.05, 0) is 63.7 Å². The topological polar surface area (TPSA) is 80.3 Å². The van der Waals surface area contributed by atoms with Gasteiger partial charge in [0.15, 0.2) is 0 Å². The first kappa shape index (κ1) is 28.4. The molecule has 8 heteroatoms. The summed E-state index contributed by atoms with van der Waals surface area (Å²) in [5, 5.41) is 5.75. The zero-order chi connectivity index (χ0) is 28.8. The first-order chi connectivity index (χ1) is 19.9. The summed E-state index contributed by atoms with van der Waals surface area (Å²) in [5.74, 6) is -0.247. The minimum absolute atomic E-state index is 0.247. The molecule has 0 bridgehead atoms. The van der Waals surface area contributed by atoms with Crippen LogP contribution in [0.3, 0.4) is 0 Å². The molecule has 2 aliphatic rings. The maximum absolute atomic E-state index is 13.8. The molecule has 3 aromatic rings. The zero-order valence-electron chi connectivity index (χ0n) is 24.2. The maximum Gasteiger partial charge on any atom is 0.321 e. The highest BCUT2D eigenvalue weighted by Crippen LogP contribution is 2.29. The molecule has 1 unspecified atom stereocenters. The molecule has 2 N–H and O–H groups in total. The van der Waals surface area contributed by atoms with Crippen LogP contribution in [0.2, 0.25) is 0 Å². The number of piperidine rings is 1. The Labute approximate surface area is 243 Å². The lowest BCUT2D eigenvalue weighted by atomic mass is 10.00. The SMILES string of the molecule is CCCCN1C(=O)C(NC(=O)Nc2ccc(N3CCC(N(C)C)CC3)cc2)N=C(c2ccccc2)c2ccccc21. The molecule has 5 rings (SSSR count). The van der Waals surface area contributed by atoms with Gasteiger partial charge in [0.25, 0.3) is 5.91 Å². The number of hydrogen-bond donors (Lipinski definition) is 2. The fourth-order valence-corrected chi connectivity index (χ4v) is 5.58. The lowest BCUT2D eigenvalue weighted by Crippen LogP contribution is -2.48. The first-order valence-corrected chi connectivity index (χ1v) is 14.6. The minimum atomic E-state index is -1.06. The summed E-state index contributed by atoms with van der Waals surface area (Å²) < 4.78 is 0. The van der Waals surface area contributed by atoms with E-state index in [1.165, 1.54) is 0 Å². The number of anilines is 3. The van der Waals surface area contributed by atoms with Crippen LogP contribution in [0, 0.1) is 0 Å². The van der Waals surface area contributed by atoms with Gasteiger partial charge >= 0.3 is 6.03 Å². The van der Waals surface area contributed by atoms with Crippen molar-refractivity contribution in [1.82, 2.24) is 10.2 Å². The van der Waals surface area contributed by atoms with Gasteiger partial charge in [0, 0.05) is 48.2 Å². The van der Waals surface area contributed by atoms with Crippen molar-refractivity contribution in [1.29, 1.82) is 0 Å². The minimum Gasteiger partial charge on any atom is -0.371 e. The standard InChI is InChI=1S/C33H40N6O2/c1-4-5-21-39-29-14-10-9-13-28(29)30(24-11-7-6-8-12-24)35-31(32(39)40)36-33(41)34-25-15-17-27(18-16-25)38-22-19-26(20-23-38)37(2)3/h6-18,26,31H,4-5,19-23H2,1-3H3,(H2,34,36,41). The summed E-state index contributed by atoms with van der Waals surface area (Å²) in [7, 11) is 4.29. The highest BCUT2D eigenvalue weighted by Gasteiger charge is 2.32. The molecule has 1 fully saturated rings. The Morgan fingerprint density at radius 2 is 1.63 bits per heavy atom. The van der Waals surface area contributed by atoms with Crippen LogP contribution in [0.25, 0.3) is 0 Å². The van der Waals surface area contributed by atoms with E-state index in [2.05, 4.69) is 41.5 Å². The van der Waals surface area contributed by atoms with E-state index in [0.717, 1.165) is 61.3 Å². The number of unbranched alkanes of at least 4 members (excludes halogenated alkanes) is 1. The van der Waals surface area contributed by atoms with Crippen LogP contribution in [0.15, 0.2) is 83.9 Å². The summed E-state index contributed by atoms with van der Waals surface area (Å²) in [6.07, 6.45) is 3.00. The summed E-state index contributed by atoms with van der Waals surface area (Å²) in [6.45, 7) is 4.68. The quantitative estimate of drug-likeness (QED) is 0.395. The molecule has 0 saturated carbocycles. The number of carbonyl (C=O) groups is 2. The van der Waals surface area contributed by atoms with E-state index in [-0.39, 0.29) is 5.91 Å². The third kappa shape index (κ3) is 6.60. The Balaban J connectivity index is 1.33. The predicted octanol–water partition coefficient (Wildman–Crippen LogP) is 5.35. The Hall–Kier alpha value is -4.17. The lowest BCUT2D eigenvalue weighted by Gasteiger charge is -2.36. The van der Waals surface area contributed by atoms with Crippen molar-refractivity contribution in [3.8, 4) is 0 Å². The van der Waals surface area contributed by atoms with Gasteiger partial charge in [-0.25, -0.2) is 9.79 Å². The van der Waals surface area contributed by atoms with Crippen LogP contribution in [0.4, 0.5) is 21.9 Å². The monoisotopic (exact) mass is 552 g/mol. The summed E-state index contributed by atoms with van der Waals surface area (Å²) in [6, 6.07) is 25.7. The normalized spacial score (nSPS) is 17.6. The van der Waals surface area contributed by atoms with Gasteiger partial charge in [-0.15, -0.1) is 0 Å². The number of rotatable bonds is 8. The molecule has 1 atom stereocenters. The number of hydrogen-bond acceptors (Lipinski definition) is 5. The first-order valence-electron chi connectivity index (χ1n) is 14.6. The smallest absolute Gasteiger partial charge is 0.321 e. The van der Waals surface area contributed by atoms with Crippen LogP contribution in [-0.4, -0.2) is 68.5 Å². The van der Waals surface area contributed by atoms with E-state index in [4.69, 9.17) is 4.99 Å². The van der Waals surface area contributed by atoms with E-state index in [1.54, 1.807) is 4.90 Å². The molecule has 1 saturated heterocycles. The van der Waals surface area contributed by atoms with Crippen molar-refractivity contribution in [3.05, 3.63) is 90.0 Å². The third-order valence-electron chi connectivity index (χ3n) is 7.94. The second kappa shape index (κ2) is 13.0. The number of para-hydroxylation sites is 1. The molecule has 214 valence electrons. The lowest BCUT2D eigenvalue weighted by molar-refractivity contribution is -0.120. The molecule has 3 amide bonds. The molecule has 8 nitrogen and oxygen atoms in total. The number of nitrogens with zero attached hydrogens (tertiary/aromatic N) is 4. The van der Waals surface area contributed by atoms with Crippen LogP contribution < -0.4 is 20.4 Å². The van der Waals surface area contributed by atoms with Gasteiger partial charge in [0.05, 0.1) is 11.4 Å².